The molecule has 1 saturated heterocycles. The predicted molar refractivity (Wildman–Crippen MR) is 67.6 cm³/mol. The molecule has 2 heterocycles. The molecule has 0 spiro atoms. The number of hydrogen-bond acceptors (Lipinski definition) is 4. The van der Waals surface area contributed by atoms with Crippen LogP contribution in [0.1, 0.15) is 24.1 Å². The Labute approximate surface area is 102 Å². The van der Waals surface area contributed by atoms with E-state index >= 15 is 0 Å². The van der Waals surface area contributed by atoms with Crippen LogP contribution < -0.4 is 5.73 Å². The molecule has 0 saturated carbocycles. The minimum atomic E-state index is -0.742. The lowest BCUT2D eigenvalue weighted by Gasteiger charge is -2.36. The normalized spacial score (nSPS) is 20.4. The van der Waals surface area contributed by atoms with Crippen LogP contribution in [0.25, 0.3) is 0 Å². The maximum Gasteiger partial charge on any atom is 0.109 e. The van der Waals surface area contributed by atoms with Crippen molar-refractivity contribution in [1.29, 1.82) is 0 Å². The SMILES string of the molecule is CN1CCC(O)(c2ccc(CCN)cn2)CC1. The van der Waals surface area contributed by atoms with Crippen LogP contribution in [-0.4, -0.2) is 41.7 Å². The number of aliphatic hydroxyl groups is 1. The molecule has 1 aromatic rings. The molecular formula is C13H21N3O. The Kier molecular flexibility index (Phi) is 3.76. The number of nitrogens with zero attached hydrogens (tertiary/aromatic N) is 2. The van der Waals surface area contributed by atoms with Crippen molar-refractivity contribution in [2.75, 3.05) is 26.7 Å². The number of nitrogens with two attached hydrogens (primary N) is 1. The summed E-state index contributed by atoms with van der Waals surface area (Å²) >= 11 is 0. The number of hydrogen-bond donors (Lipinski definition) is 2. The van der Waals surface area contributed by atoms with E-state index < -0.39 is 5.60 Å². The molecule has 0 atom stereocenters. The zero-order valence-electron chi connectivity index (χ0n) is 10.4. The largest absolute Gasteiger partial charge is 0.383 e. The molecule has 1 aliphatic rings. The summed E-state index contributed by atoms with van der Waals surface area (Å²) in [6.07, 6.45) is 4.19. The van der Waals surface area contributed by atoms with Gasteiger partial charge in [-0.25, -0.2) is 0 Å². The minimum Gasteiger partial charge on any atom is -0.383 e. The first kappa shape index (κ1) is 12.5. The molecule has 1 aliphatic heterocycles. The van der Waals surface area contributed by atoms with Gasteiger partial charge in [0.25, 0.3) is 0 Å². The Morgan fingerprint density at radius 2 is 2.12 bits per heavy atom. The number of rotatable bonds is 3. The Hall–Kier alpha value is -0.970. The zero-order valence-corrected chi connectivity index (χ0v) is 10.4. The van der Waals surface area contributed by atoms with Gasteiger partial charge in [-0.15, -0.1) is 0 Å². The molecule has 4 heteroatoms. The van der Waals surface area contributed by atoms with Gasteiger partial charge in [-0.2, -0.15) is 0 Å². The van der Waals surface area contributed by atoms with Crippen molar-refractivity contribution < 1.29 is 5.11 Å². The van der Waals surface area contributed by atoms with E-state index in [-0.39, 0.29) is 0 Å². The number of likely N-dealkylation sites (tertiary alicyclic amines) is 1. The van der Waals surface area contributed by atoms with Gasteiger partial charge in [0, 0.05) is 19.3 Å². The molecule has 0 radical (unpaired) electrons. The van der Waals surface area contributed by atoms with E-state index in [1.807, 2.05) is 18.3 Å². The maximum atomic E-state index is 10.6. The Balaban J connectivity index is 2.10. The van der Waals surface area contributed by atoms with Crippen LogP contribution in [0.2, 0.25) is 0 Å². The van der Waals surface area contributed by atoms with Crippen LogP contribution in [0, 0.1) is 0 Å². The van der Waals surface area contributed by atoms with E-state index in [0.29, 0.717) is 6.54 Å². The predicted octanol–water partition coefficient (Wildman–Crippen LogP) is 0.496. The van der Waals surface area contributed by atoms with Gasteiger partial charge in [-0.05, 0) is 44.5 Å². The van der Waals surface area contributed by atoms with Crippen molar-refractivity contribution >= 4 is 0 Å². The molecule has 2 rings (SSSR count). The first-order chi connectivity index (χ1) is 8.14. The third kappa shape index (κ3) is 2.83. The molecule has 1 fully saturated rings. The lowest BCUT2D eigenvalue weighted by molar-refractivity contribution is -0.0238. The van der Waals surface area contributed by atoms with Crippen molar-refractivity contribution in [3.8, 4) is 0 Å². The highest BCUT2D eigenvalue weighted by Crippen LogP contribution is 2.30. The van der Waals surface area contributed by atoms with E-state index in [1.54, 1.807) is 0 Å². The van der Waals surface area contributed by atoms with Crippen molar-refractivity contribution in [3.05, 3.63) is 29.6 Å². The smallest absolute Gasteiger partial charge is 0.109 e. The summed E-state index contributed by atoms with van der Waals surface area (Å²) in [5, 5.41) is 10.6. The summed E-state index contributed by atoms with van der Waals surface area (Å²) in [7, 11) is 2.08. The van der Waals surface area contributed by atoms with Gasteiger partial charge in [0.15, 0.2) is 0 Å². The molecule has 0 bridgehead atoms. The second-order valence-corrected chi connectivity index (χ2v) is 4.93. The van der Waals surface area contributed by atoms with E-state index in [4.69, 9.17) is 5.73 Å². The van der Waals surface area contributed by atoms with Crippen LogP contribution >= 0.6 is 0 Å². The summed E-state index contributed by atoms with van der Waals surface area (Å²) in [6, 6.07) is 3.96. The monoisotopic (exact) mass is 235 g/mol. The van der Waals surface area contributed by atoms with Gasteiger partial charge in [-0.1, -0.05) is 6.07 Å². The average Bonchev–Trinajstić information content (AvgIpc) is 2.35. The van der Waals surface area contributed by atoms with Gasteiger partial charge in [-0.3, -0.25) is 4.98 Å². The summed E-state index contributed by atoms with van der Waals surface area (Å²) in [5.41, 5.74) is 6.69. The van der Waals surface area contributed by atoms with Gasteiger partial charge >= 0.3 is 0 Å². The fraction of sp³-hybridized carbons (Fsp3) is 0.615. The second kappa shape index (κ2) is 5.12. The summed E-state index contributed by atoms with van der Waals surface area (Å²) in [4.78, 5) is 6.63. The Morgan fingerprint density at radius 1 is 1.41 bits per heavy atom. The molecular weight excluding hydrogens is 214 g/mol. The standard InChI is InChI=1S/C13H21N3O/c1-16-8-5-13(17,6-9-16)12-3-2-11(4-7-14)10-15-12/h2-3,10,17H,4-9,14H2,1H3. The van der Waals surface area contributed by atoms with Crippen LogP contribution in [0.5, 0.6) is 0 Å². The van der Waals surface area contributed by atoms with Crippen LogP contribution in [0.3, 0.4) is 0 Å². The highest BCUT2D eigenvalue weighted by molar-refractivity contribution is 5.19. The molecule has 0 unspecified atom stereocenters. The Bertz CT molecular complexity index is 355. The van der Waals surface area contributed by atoms with E-state index in [1.165, 1.54) is 0 Å². The van der Waals surface area contributed by atoms with E-state index in [0.717, 1.165) is 43.6 Å². The van der Waals surface area contributed by atoms with Crippen LogP contribution in [0.15, 0.2) is 18.3 Å². The number of pyridine rings is 1. The third-order valence-corrected chi connectivity index (χ3v) is 3.55. The van der Waals surface area contributed by atoms with Gasteiger partial charge in [0.2, 0.25) is 0 Å². The fourth-order valence-corrected chi connectivity index (χ4v) is 2.26. The molecule has 0 amide bonds. The molecule has 94 valence electrons. The summed E-state index contributed by atoms with van der Waals surface area (Å²) in [6.45, 7) is 2.47. The number of aromatic nitrogens is 1. The van der Waals surface area contributed by atoms with Gasteiger partial charge in [0.1, 0.15) is 5.60 Å². The molecule has 4 nitrogen and oxygen atoms in total. The lowest BCUT2D eigenvalue weighted by Crippen LogP contribution is -2.41. The quantitative estimate of drug-likeness (QED) is 0.800. The molecule has 17 heavy (non-hydrogen) atoms. The van der Waals surface area contributed by atoms with Crippen molar-refractivity contribution in [2.45, 2.75) is 24.9 Å². The fourth-order valence-electron chi connectivity index (χ4n) is 2.26. The topological polar surface area (TPSA) is 62.4 Å². The van der Waals surface area contributed by atoms with Crippen molar-refractivity contribution in [3.63, 3.8) is 0 Å². The van der Waals surface area contributed by atoms with E-state index in [9.17, 15) is 5.11 Å². The van der Waals surface area contributed by atoms with Crippen molar-refractivity contribution in [1.82, 2.24) is 9.88 Å². The Morgan fingerprint density at radius 3 is 2.65 bits per heavy atom. The molecule has 3 N–H and O–H groups in total. The molecule has 0 aromatic carbocycles. The second-order valence-electron chi connectivity index (χ2n) is 4.93. The van der Waals surface area contributed by atoms with Crippen LogP contribution in [0.4, 0.5) is 0 Å². The highest BCUT2D eigenvalue weighted by atomic mass is 16.3. The molecule has 0 aliphatic carbocycles. The summed E-state index contributed by atoms with van der Waals surface area (Å²) < 4.78 is 0. The highest BCUT2D eigenvalue weighted by Gasteiger charge is 2.33. The lowest BCUT2D eigenvalue weighted by atomic mass is 9.88. The van der Waals surface area contributed by atoms with Crippen molar-refractivity contribution in [2.24, 2.45) is 5.73 Å². The number of piperidine rings is 1. The zero-order chi connectivity index (χ0) is 12.3. The van der Waals surface area contributed by atoms with E-state index in [2.05, 4.69) is 16.9 Å². The first-order valence-electron chi connectivity index (χ1n) is 6.20. The van der Waals surface area contributed by atoms with Gasteiger partial charge in [0.05, 0.1) is 5.69 Å². The third-order valence-electron chi connectivity index (χ3n) is 3.55. The molecule has 1 aromatic heterocycles. The first-order valence-corrected chi connectivity index (χ1v) is 6.20. The maximum absolute atomic E-state index is 10.6. The van der Waals surface area contributed by atoms with Gasteiger partial charge < -0.3 is 15.7 Å². The average molecular weight is 235 g/mol. The summed E-state index contributed by atoms with van der Waals surface area (Å²) in [5.74, 6) is 0. The minimum absolute atomic E-state index is 0.635. The van der Waals surface area contributed by atoms with Crippen LogP contribution in [-0.2, 0) is 12.0 Å².